The van der Waals surface area contributed by atoms with Crippen molar-refractivity contribution < 1.29 is 4.74 Å². The Morgan fingerprint density at radius 2 is 2.23 bits per heavy atom. The van der Waals surface area contributed by atoms with Gasteiger partial charge in [-0.25, -0.2) is 0 Å². The highest BCUT2D eigenvalue weighted by atomic mass is 127. The van der Waals surface area contributed by atoms with E-state index < -0.39 is 0 Å². The van der Waals surface area contributed by atoms with E-state index >= 15 is 0 Å². The molecule has 0 radical (unpaired) electrons. The number of hydrogen-bond acceptors (Lipinski definition) is 3. The smallest absolute Gasteiger partial charge is 0.193 e. The summed E-state index contributed by atoms with van der Waals surface area (Å²) in [6, 6.07) is 0.469. The Morgan fingerprint density at radius 3 is 2.92 bits per heavy atom. The molecule has 1 N–H and O–H groups in total. The lowest BCUT2D eigenvalue weighted by Gasteiger charge is -2.55. The van der Waals surface area contributed by atoms with Crippen LogP contribution in [-0.4, -0.2) is 59.5 Å². The van der Waals surface area contributed by atoms with E-state index in [1.54, 1.807) is 0 Å². The predicted octanol–water partition coefficient (Wildman–Crippen LogP) is 2.29. The largest absolute Gasteiger partial charge is 0.377 e. The van der Waals surface area contributed by atoms with E-state index in [-0.39, 0.29) is 29.4 Å². The van der Waals surface area contributed by atoms with E-state index in [1.165, 1.54) is 18.4 Å². The Hall–Kier alpha value is -0.830. The SMILES string of the molecule is CN=C(NC1C2CCOC2C1(C)C)N1CCC(Cc2cnn(C)c2)C1.I. The van der Waals surface area contributed by atoms with Gasteiger partial charge in [0.15, 0.2) is 5.96 Å². The molecule has 146 valence electrons. The fourth-order valence-corrected chi connectivity index (χ4v) is 5.16. The molecule has 3 heterocycles. The number of aromatic nitrogens is 2. The van der Waals surface area contributed by atoms with Crippen molar-refractivity contribution in [2.24, 2.45) is 29.3 Å². The molecule has 26 heavy (non-hydrogen) atoms. The zero-order chi connectivity index (χ0) is 17.6. The lowest BCUT2D eigenvalue weighted by atomic mass is 9.57. The van der Waals surface area contributed by atoms with Gasteiger partial charge in [-0.1, -0.05) is 13.8 Å². The first-order chi connectivity index (χ1) is 12.0. The molecule has 4 unspecified atom stereocenters. The molecule has 0 aromatic carbocycles. The summed E-state index contributed by atoms with van der Waals surface area (Å²) in [5.41, 5.74) is 1.52. The molecule has 6 nitrogen and oxygen atoms in total. The molecule has 0 bridgehead atoms. The number of nitrogens with one attached hydrogen (secondary N) is 1. The molecule has 1 saturated carbocycles. The quantitative estimate of drug-likeness (QED) is 0.416. The molecule has 0 amide bonds. The number of aryl methyl sites for hydroxylation is 1. The number of aliphatic imine (C=N–C) groups is 1. The van der Waals surface area contributed by atoms with Crippen molar-refractivity contribution in [3.05, 3.63) is 18.0 Å². The summed E-state index contributed by atoms with van der Waals surface area (Å²) in [5, 5.41) is 8.06. The molecule has 1 aliphatic carbocycles. The first kappa shape index (κ1) is 19.9. The molecule has 7 heteroatoms. The fraction of sp³-hybridized carbons (Fsp3) is 0.789. The minimum absolute atomic E-state index is 0. The Morgan fingerprint density at radius 1 is 1.42 bits per heavy atom. The van der Waals surface area contributed by atoms with Gasteiger partial charge in [-0.2, -0.15) is 5.10 Å². The molecule has 1 aromatic rings. The minimum atomic E-state index is 0. The summed E-state index contributed by atoms with van der Waals surface area (Å²) in [5.74, 6) is 2.39. The molecule has 1 aromatic heterocycles. The highest BCUT2D eigenvalue weighted by molar-refractivity contribution is 14.0. The molecule has 4 atom stereocenters. The summed E-state index contributed by atoms with van der Waals surface area (Å²) < 4.78 is 7.81. The van der Waals surface area contributed by atoms with Gasteiger partial charge >= 0.3 is 0 Å². The van der Waals surface area contributed by atoms with Gasteiger partial charge in [-0.15, -0.1) is 24.0 Å². The third-order valence-electron chi connectivity index (χ3n) is 6.47. The van der Waals surface area contributed by atoms with Gasteiger partial charge in [0.2, 0.25) is 0 Å². The van der Waals surface area contributed by atoms with E-state index in [4.69, 9.17) is 4.74 Å². The van der Waals surface area contributed by atoms with Crippen molar-refractivity contribution in [1.82, 2.24) is 20.0 Å². The average Bonchev–Trinajstić information content (AvgIpc) is 3.29. The molecule has 4 rings (SSSR count). The molecule has 3 fully saturated rings. The standard InChI is InChI=1S/C19H31N5O.HI/c1-19(2)16(15-6-8-25-17(15)19)22-18(20-3)24-7-5-13(12-24)9-14-10-21-23(4)11-14;/h10-11,13,15-17H,5-9,12H2,1-4H3,(H,20,22);1H. The number of guanidine groups is 1. The van der Waals surface area contributed by atoms with E-state index in [9.17, 15) is 0 Å². The topological polar surface area (TPSA) is 54.7 Å². The van der Waals surface area contributed by atoms with Gasteiger partial charge in [-0.3, -0.25) is 9.67 Å². The van der Waals surface area contributed by atoms with Crippen molar-refractivity contribution in [2.45, 2.75) is 45.3 Å². The van der Waals surface area contributed by atoms with Gasteiger partial charge in [0.05, 0.1) is 12.3 Å². The molecular weight excluding hydrogens is 441 g/mol. The van der Waals surface area contributed by atoms with Crippen LogP contribution in [0.4, 0.5) is 0 Å². The Kier molecular flexibility index (Phi) is 5.86. The van der Waals surface area contributed by atoms with Gasteiger partial charge in [0.25, 0.3) is 0 Å². The second-order valence-electron chi connectivity index (χ2n) is 8.56. The highest BCUT2D eigenvalue weighted by Crippen LogP contribution is 2.52. The van der Waals surface area contributed by atoms with Gasteiger partial charge in [0, 0.05) is 57.4 Å². The summed E-state index contributed by atoms with van der Waals surface area (Å²) >= 11 is 0. The number of rotatable bonds is 3. The van der Waals surface area contributed by atoms with Gasteiger partial charge in [0.1, 0.15) is 0 Å². The number of fused-ring (bicyclic) bond motifs is 1. The summed E-state index contributed by atoms with van der Waals surface area (Å²) in [4.78, 5) is 7.02. The van der Waals surface area contributed by atoms with Crippen LogP contribution in [0.2, 0.25) is 0 Å². The maximum absolute atomic E-state index is 5.92. The maximum Gasteiger partial charge on any atom is 0.193 e. The van der Waals surface area contributed by atoms with Gasteiger partial charge < -0.3 is 15.0 Å². The normalized spacial score (nSPS) is 32.8. The Bertz CT molecular complexity index is 658. The van der Waals surface area contributed by atoms with Gasteiger partial charge in [-0.05, 0) is 30.7 Å². The van der Waals surface area contributed by atoms with Crippen LogP contribution in [0, 0.1) is 17.3 Å². The molecule has 3 aliphatic rings. The van der Waals surface area contributed by atoms with Crippen LogP contribution in [0.25, 0.3) is 0 Å². The maximum atomic E-state index is 5.92. The van der Waals surface area contributed by atoms with Crippen LogP contribution >= 0.6 is 24.0 Å². The van der Waals surface area contributed by atoms with Crippen molar-refractivity contribution in [1.29, 1.82) is 0 Å². The summed E-state index contributed by atoms with van der Waals surface area (Å²) in [7, 11) is 3.89. The van der Waals surface area contributed by atoms with E-state index in [2.05, 4.69) is 40.4 Å². The van der Waals surface area contributed by atoms with E-state index in [1.807, 2.05) is 25.0 Å². The van der Waals surface area contributed by atoms with Crippen molar-refractivity contribution >= 4 is 29.9 Å². The third-order valence-corrected chi connectivity index (χ3v) is 6.47. The number of halogens is 1. The first-order valence-electron chi connectivity index (χ1n) is 9.56. The lowest BCUT2D eigenvalue weighted by molar-refractivity contribution is -0.107. The van der Waals surface area contributed by atoms with Crippen molar-refractivity contribution in [2.75, 3.05) is 26.7 Å². The molecule has 2 saturated heterocycles. The summed E-state index contributed by atoms with van der Waals surface area (Å²) in [6.07, 6.45) is 8.04. The lowest BCUT2D eigenvalue weighted by Crippen LogP contribution is -2.68. The van der Waals surface area contributed by atoms with Crippen LogP contribution in [0.15, 0.2) is 17.4 Å². The monoisotopic (exact) mass is 473 g/mol. The molecular formula is C19H32IN5O. The van der Waals surface area contributed by atoms with Crippen LogP contribution < -0.4 is 5.32 Å². The predicted molar refractivity (Wildman–Crippen MR) is 114 cm³/mol. The second kappa shape index (κ2) is 7.66. The zero-order valence-corrected chi connectivity index (χ0v) is 18.6. The van der Waals surface area contributed by atoms with Crippen LogP contribution in [-0.2, 0) is 18.2 Å². The van der Waals surface area contributed by atoms with Crippen molar-refractivity contribution in [3.63, 3.8) is 0 Å². The third kappa shape index (κ3) is 3.48. The summed E-state index contributed by atoms with van der Waals surface area (Å²) in [6.45, 7) is 7.71. The first-order valence-corrected chi connectivity index (χ1v) is 9.56. The number of hydrogen-bond donors (Lipinski definition) is 1. The number of nitrogens with zero attached hydrogens (tertiary/aromatic N) is 4. The van der Waals surface area contributed by atoms with Crippen molar-refractivity contribution in [3.8, 4) is 0 Å². The Labute approximate surface area is 173 Å². The van der Waals surface area contributed by atoms with Crippen LogP contribution in [0.1, 0.15) is 32.3 Å². The van der Waals surface area contributed by atoms with Crippen LogP contribution in [0.5, 0.6) is 0 Å². The molecule has 2 aliphatic heterocycles. The number of likely N-dealkylation sites (tertiary alicyclic amines) is 1. The number of ether oxygens (including phenoxy) is 1. The Balaban J connectivity index is 0.00000196. The fourth-order valence-electron chi connectivity index (χ4n) is 5.16. The minimum Gasteiger partial charge on any atom is -0.377 e. The average molecular weight is 473 g/mol. The second-order valence-corrected chi connectivity index (χ2v) is 8.56. The van der Waals surface area contributed by atoms with E-state index in [0.717, 1.165) is 32.1 Å². The zero-order valence-electron chi connectivity index (χ0n) is 16.3. The van der Waals surface area contributed by atoms with Crippen LogP contribution in [0.3, 0.4) is 0 Å². The van der Waals surface area contributed by atoms with E-state index in [0.29, 0.717) is 24.0 Å². The molecule has 0 spiro atoms. The highest BCUT2D eigenvalue weighted by Gasteiger charge is 2.59.